The van der Waals surface area contributed by atoms with Crippen molar-refractivity contribution in [2.75, 3.05) is 12.8 Å². The summed E-state index contributed by atoms with van der Waals surface area (Å²) in [4.78, 5) is 15.7. The molecule has 1 aromatic carbocycles. The second kappa shape index (κ2) is 7.34. The molecule has 0 saturated carbocycles. The van der Waals surface area contributed by atoms with Gasteiger partial charge in [-0.05, 0) is 67.4 Å². The molecule has 2 heterocycles. The monoisotopic (exact) mass is 354 g/mol. The molecular formula is C19H23N4OP. The largest absolute Gasteiger partial charge is 0.398 e. The first-order chi connectivity index (χ1) is 12.2. The maximum Gasteiger partial charge on any atom is 0.150 e. The Morgan fingerprint density at radius 3 is 2.84 bits per heavy atom. The van der Waals surface area contributed by atoms with Crippen LogP contribution in [0.2, 0.25) is 0 Å². The van der Waals surface area contributed by atoms with Crippen molar-refractivity contribution in [2.24, 2.45) is 5.73 Å². The lowest BCUT2D eigenvalue weighted by Crippen LogP contribution is -2.16. The van der Waals surface area contributed by atoms with E-state index in [9.17, 15) is 4.79 Å². The van der Waals surface area contributed by atoms with Gasteiger partial charge in [0, 0.05) is 23.1 Å². The van der Waals surface area contributed by atoms with Crippen molar-refractivity contribution < 1.29 is 4.79 Å². The predicted molar refractivity (Wildman–Crippen MR) is 106 cm³/mol. The van der Waals surface area contributed by atoms with E-state index in [-0.39, 0.29) is 0 Å². The Kier molecular flexibility index (Phi) is 5.16. The van der Waals surface area contributed by atoms with E-state index < -0.39 is 0 Å². The number of imidazole rings is 1. The quantitative estimate of drug-likeness (QED) is 0.419. The van der Waals surface area contributed by atoms with Gasteiger partial charge in [-0.25, -0.2) is 4.98 Å². The number of rotatable bonds is 2. The van der Waals surface area contributed by atoms with Gasteiger partial charge in [-0.3, -0.25) is 4.79 Å². The number of carbonyl (C=O) groups is 1. The molecule has 25 heavy (non-hydrogen) atoms. The van der Waals surface area contributed by atoms with Gasteiger partial charge in [0.2, 0.25) is 0 Å². The number of hydrogen-bond donors (Lipinski definition) is 2. The standard InChI is InChI=1S/C18H18N3OP.CH5N/c19-15-3-2-13(23)9-14(15)12-1-4-17-16(8-12)20-18-7-11(10-22)5-6-21(17)18;1-2/h2-3,5-7,9-10,12H,1,4,8,19,23H2;2H2,1H3. The zero-order chi connectivity index (χ0) is 18.0. The summed E-state index contributed by atoms with van der Waals surface area (Å²) in [5, 5.41) is 1.16. The van der Waals surface area contributed by atoms with E-state index in [0.717, 1.165) is 47.9 Å². The Hall–Kier alpha value is -2.23. The second-order valence-electron chi connectivity index (χ2n) is 6.14. The molecule has 0 fully saturated rings. The summed E-state index contributed by atoms with van der Waals surface area (Å²) in [7, 11) is 4.24. The normalized spacial score (nSPS) is 16.0. The van der Waals surface area contributed by atoms with Crippen molar-refractivity contribution in [3.8, 4) is 0 Å². The van der Waals surface area contributed by atoms with E-state index in [4.69, 9.17) is 10.7 Å². The molecule has 1 aliphatic rings. The number of nitrogens with two attached hydrogens (primary N) is 2. The van der Waals surface area contributed by atoms with E-state index in [0.29, 0.717) is 11.5 Å². The van der Waals surface area contributed by atoms with Crippen LogP contribution in [0.4, 0.5) is 5.69 Å². The average Bonchev–Trinajstić information content (AvgIpc) is 3.02. The molecule has 2 atom stereocenters. The summed E-state index contributed by atoms with van der Waals surface area (Å²) in [6, 6.07) is 9.84. The molecule has 3 aromatic rings. The highest BCUT2D eigenvalue weighted by atomic mass is 31.0. The molecule has 0 bridgehead atoms. The summed E-state index contributed by atoms with van der Waals surface area (Å²) >= 11 is 0. The van der Waals surface area contributed by atoms with E-state index >= 15 is 0 Å². The van der Waals surface area contributed by atoms with Gasteiger partial charge >= 0.3 is 0 Å². The van der Waals surface area contributed by atoms with E-state index in [1.54, 1.807) is 0 Å². The van der Waals surface area contributed by atoms with Crippen molar-refractivity contribution in [3.05, 3.63) is 59.0 Å². The minimum Gasteiger partial charge on any atom is -0.398 e. The predicted octanol–water partition coefficient (Wildman–Crippen LogP) is 2.08. The molecule has 2 aromatic heterocycles. The summed E-state index contributed by atoms with van der Waals surface area (Å²) in [6.45, 7) is 0. The summed E-state index contributed by atoms with van der Waals surface area (Å²) in [5.74, 6) is 0.401. The van der Waals surface area contributed by atoms with Crippen LogP contribution in [-0.2, 0) is 12.8 Å². The van der Waals surface area contributed by atoms with Crippen LogP contribution in [0.3, 0.4) is 0 Å². The van der Waals surface area contributed by atoms with Crippen LogP contribution in [-0.4, -0.2) is 22.7 Å². The maximum atomic E-state index is 10.9. The fourth-order valence-electron chi connectivity index (χ4n) is 3.52. The molecule has 130 valence electrons. The third-order valence-corrected chi connectivity index (χ3v) is 5.05. The minimum absolute atomic E-state index is 0.401. The number of anilines is 1. The lowest BCUT2D eigenvalue weighted by Gasteiger charge is -2.23. The number of aldehydes is 1. The number of aromatic nitrogens is 2. The Morgan fingerprint density at radius 2 is 2.08 bits per heavy atom. The lowest BCUT2D eigenvalue weighted by atomic mass is 9.84. The number of aryl methyl sites for hydroxylation is 1. The molecule has 5 nitrogen and oxygen atoms in total. The number of fused-ring (bicyclic) bond motifs is 3. The number of nitrogen functional groups attached to an aromatic ring is 1. The zero-order valence-corrected chi connectivity index (χ0v) is 15.4. The molecule has 0 spiro atoms. The number of hydrogen-bond acceptors (Lipinski definition) is 4. The number of pyridine rings is 1. The van der Waals surface area contributed by atoms with Crippen molar-refractivity contribution in [2.45, 2.75) is 25.2 Å². The first-order valence-corrected chi connectivity index (χ1v) is 8.91. The lowest BCUT2D eigenvalue weighted by molar-refractivity contribution is 0.112. The number of carbonyl (C=O) groups excluding carboxylic acids is 1. The van der Waals surface area contributed by atoms with Gasteiger partial charge in [0.15, 0.2) is 0 Å². The highest BCUT2D eigenvalue weighted by molar-refractivity contribution is 7.27. The molecule has 0 saturated heterocycles. The third-order valence-electron chi connectivity index (χ3n) is 4.69. The number of benzene rings is 1. The van der Waals surface area contributed by atoms with Crippen LogP contribution in [0.1, 0.15) is 39.6 Å². The molecular weight excluding hydrogens is 331 g/mol. The van der Waals surface area contributed by atoms with Crippen LogP contribution in [0.25, 0.3) is 5.65 Å². The smallest absolute Gasteiger partial charge is 0.150 e. The van der Waals surface area contributed by atoms with Crippen molar-refractivity contribution >= 4 is 32.2 Å². The SMILES string of the molecule is CN.Nc1ccc(P)cc1C1CCc2c(nc3cc(C=O)ccn23)C1. The topological polar surface area (TPSA) is 86.4 Å². The van der Waals surface area contributed by atoms with E-state index in [1.165, 1.54) is 18.3 Å². The molecule has 6 heteroatoms. The van der Waals surface area contributed by atoms with Gasteiger partial charge in [-0.1, -0.05) is 6.07 Å². The van der Waals surface area contributed by atoms with Gasteiger partial charge in [-0.15, -0.1) is 9.24 Å². The van der Waals surface area contributed by atoms with Crippen molar-refractivity contribution in [3.63, 3.8) is 0 Å². The van der Waals surface area contributed by atoms with Gasteiger partial charge < -0.3 is 15.9 Å². The molecule has 0 aliphatic heterocycles. The number of nitrogens with zero attached hydrogens (tertiary/aromatic N) is 2. The van der Waals surface area contributed by atoms with Crippen LogP contribution < -0.4 is 16.8 Å². The zero-order valence-electron chi connectivity index (χ0n) is 14.3. The highest BCUT2D eigenvalue weighted by Crippen LogP contribution is 2.35. The third kappa shape index (κ3) is 3.30. The van der Waals surface area contributed by atoms with E-state index in [1.807, 2.05) is 30.5 Å². The molecule has 4 rings (SSSR count). The van der Waals surface area contributed by atoms with Crippen molar-refractivity contribution in [1.29, 1.82) is 0 Å². The molecule has 1 aliphatic carbocycles. The Balaban J connectivity index is 0.000000880. The van der Waals surface area contributed by atoms with Crippen LogP contribution in [0.15, 0.2) is 36.5 Å². The Morgan fingerprint density at radius 1 is 1.28 bits per heavy atom. The van der Waals surface area contributed by atoms with Crippen LogP contribution in [0.5, 0.6) is 0 Å². The van der Waals surface area contributed by atoms with Gasteiger partial charge in [0.1, 0.15) is 11.9 Å². The second-order valence-corrected chi connectivity index (χ2v) is 6.81. The molecule has 0 radical (unpaired) electrons. The fourth-order valence-corrected chi connectivity index (χ4v) is 3.80. The Bertz CT molecular complexity index is 919. The Labute approximate surface area is 149 Å². The molecule has 2 unspecified atom stereocenters. The summed E-state index contributed by atoms with van der Waals surface area (Å²) in [6.07, 6.45) is 5.74. The van der Waals surface area contributed by atoms with Gasteiger partial charge in [0.25, 0.3) is 0 Å². The van der Waals surface area contributed by atoms with Gasteiger partial charge in [-0.2, -0.15) is 0 Å². The molecule has 4 N–H and O–H groups in total. The highest BCUT2D eigenvalue weighted by Gasteiger charge is 2.25. The minimum atomic E-state index is 0.401. The molecule has 0 amide bonds. The maximum absolute atomic E-state index is 10.9. The average molecular weight is 354 g/mol. The van der Waals surface area contributed by atoms with Gasteiger partial charge in [0.05, 0.1) is 5.69 Å². The summed E-state index contributed by atoms with van der Waals surface area (Å²) in [5.41, 5.74) is 16.7. The van der Waals surface area contributed by atoms with Crippen LogP contribution >= 0.6 is 9.24 Å². The van der Waals surface area contributed by atoms with Crippen LogP contribution in [0, 0.1) is 0 Å². The first-order valence-electron chi connectivity index (χ1n) is 8.33. The van der Waals surface area contributed by atoms with Crippen molar-refractivity contribution in [1.82, 2.24) is 9.38 Å². The van der Waals surface area contributed by atoms with E-state index in [2.05, 4.69) is 25.4 Å². The first kappa shape index (κ1) is 17.6. The summed E-state index contributed by atoms with van der Waals surface area (Å²) < 4.78 is 2.11. The fraction of sp³-hybridized carbons (Fsp3) is 0.263.